The van der Waals surface area contributed by atoms with Gasteiger partial charge >= 0.3 is 12.1 Å². The molecule has 0 fully saturated rings. The molecule has 162 valence electrons. The lowest BCUT2D eigenvalue weighted by molar-refractivity contribution is -0.384. The number of halogens is 3. The molecule has 0 spiro atoms. The van der Waals surface area contributed by atoms with E-state index in [2.05, 4.69) is 10.3 Å². The first-order chi connectivity index (χ1) is 14.7. The van der Waals surface area contributed by atoms with Crippen molar-refractivity contribution in [3.63, 3.8) is 0 Å². The molecule has 3 aromatic rings. The van der Waals surface area contributed by atoms with Crippen LogP contribution in [0.4, 0.5) is 30.2 Å². The van der Waals surface area contributed by atoms with E-state index in [0.29, 0.717) is 0 Å². The second-order valence-electron chi connectivity index (χ2n) is 6.26. The number of aromatic nitrogens is 1. The third kappa shape index (κ3) is 4.49. The summed E-state index contributed by atoms with van der Waals surface area (Å²) in [5, 5.41) is 14.5. The van der Waals surface area contributed by atoms with Gasteiger partial charge in [0.15, 0.2) is 0 Å². The van der Waals surface area contributed by atoms with Crippen LogP contribution in [0.3, 0.4) is 0 Å². The largest absolute Gasteiger partial charge is 0.496 e. The number of carbonyl (C=O) groups excluding carboxylic acids is 1. The van der Waals surface area contributed by atoms with Gasteiger partial charge in [-0.15, -0.1) is 0 Å². The molecule has 0 saturated carbocycles. The minimum Gasteiger partial charge on any atom is -0.496 e. The predicted molar refractivity (Wildman–Crippen MR) is 106 cm³/mol. The Labute approximate surface area is 173 Å². The molecule has 2 aromatic carbocycles. The lowest BCUT2D eigenvalue weighted by Gasteiger charge is -2.15. The van der Waals surface area contributed by atoms with Crippen LogP contribution < -0.4 is 10.1 Å². The summed E-state index contributed by atoms with van der Waals surface area (Å²) in [7, 11) is 1.35. The Kier molecular flexibility index (Phi) is 5.95. The summed E-state index contributed by atoms with van der Waals surface area (Å²) >= 11 is 0. The van der Waals surface area contributed by atoms with E-state index in [0.717, 1.165) is 24.4 Å². The van der Waals surface area contributed by atoms with Crippen LogP contribution >= 0.6 is 0 Å². The van der Waals surface area contributed by atoms with E-state index < -0.39 is 22.6 Å². The van der Waals surface area contributed by atoms with Crippen LogP contribution in [0, 0.1) is 10.1 Å². The summed E-state index contributed by atoms with van der Waals surface area (Å²) in [6.07, 6.45) is -3.52. The number of methoxy groups -OCH3 is 1. The highest BCUT2D eigenvalue weighted by atomic mass is 19.4. The fraction of sp³-hybridized carbons (Fsp3) is 0.200. The third-order valence-electron chi connectivity index (χ3n) is 4.35. The van der Waals surface area contributed by atoms with Crippen LogP contribution in [0.2, 0.25) is 0 Å². The molecule has 0 aliphatic heterocycles. The maximum atomic E-state index is 13.1. The highest BCUT2D eigenvalue weighted by Crippen LogP contribution is 2.37. The summed E-state index contributed by atoms with van der Waals surface area (Å²) in [5.41, 5.74) is -1.38. The number of nitro groups is 1. The normalized spacial score (nSPS) is 11.3. The van der Waals surface area contributed by atoms with Gasteiger partial charge in [-0.25, -0.2) is 4.79 Å². The average Bonchev–Trinajstić information content (AvgIpc) is 2.73. The van der Waals surface area contributed by atoms with E-state index >= 15 is 0 Å². The van der Waals surface area contributed by atoms with Crippen LogP contribution in [0.25, 0.3) is 10.9 Å². The Balaban J connectivity index is 2.22. The number of benzene rings is 2. The Morgan fingerprint density at radius 3 is 2.58 bits per heavy atom. The van der Waals surface area contributed by atoms with Gasteiger partial charge in [-0.1, -0.05) is 6.07 Å². The van der Waals surface area contributed by atoms with Gasteiger partial charge in [0.05, 0.1) is 41.5 Å². The number of hydrogen-bond acceptors (Lipinski definition) is 7. The van der Waals surface area contributed by atoms with Crippen molar-refractivity contribution < 1.29 is 32.4 Å². The lowest BCUT2D eigenvalue weighted by atomic mass is 10.1. The number of anilines is 2. The molecule has 1 N–H and O–H groups in total. The Morgan fingerprint density at radius 2 is 1.97 bits per heavy atom. The molecule has 0 saturated heterocycles. The fourth-order valence-corrected chi connectivity index (χ4v) is 2.90. The maximum Gasteiger partial charge on any atom is 0.416 e. The zero-order valence-corrected chi connectivity index (χ0v) is 16.3. The SMILES string of the molecule is CCOC(=O)c1cnc2cc(C(F)(F)F)ccc2c1Nc1ccc(OC)cc1[N+](=O)[O-]. The molecule has 0 amide bonds. The molecule has 0 aliphatic carbocycles. The number of alkyl halides is 3. The second-order valence-corrected chi connectivity index (χ2v) is 6.26. The minimum absolute atomic E-state index is 0.00347. The van der Waals surface area contributed by atoms with Gasteiger partial charge in [-0.2, -0.15) is 13.2 Å². The number of esters is 1. The Hall–Kier alpha value is -3.89. The average molecular weight is 435 g/mol. The van der Waals surface area contributed by atoms with Crippen molar-refractivity contribution in [2.75, 3.05) is 19.0 Å². The molecular formula is C20H16F3N3O5. The van der Waals surface area contributed by atoms with Crippen molar-refractivity contribution in [2.24, 2.45) is 0 Å². The standard InChI is InChI=1S/C20H16F3N3O5/c1-3-31-19(27)14-10-24-16-8-11(20(21,22)23)4-6-13(16)18(14)25-15-7-5-12(30-2)9-17(15)26(28)29/h4-10H,3H2,1-2H3,(H,24,25). The van der Waals surface area contributed by atoms with Gasteiger partial charge in [0.2, 0.25) is 0 Å². The molecule has 0 aliphatic rings. The van der Waals surface area contributed by atoms with Gasteiger partial charge in [0.1, 0.15) is 17.0 Å². The second kappa shape index (κ2) is 8.46. The van der Waals surface area contributed by atoms with Gasteiger partial charge in [-0.05, 0) is 31.2 Å². The first-order valence-corrected chi connectivity index (χ1v) is 8.92. The molecule has 11 heteroatoms. The van der Waals surface area contributed by atoms with E-state index in [1.165, 1.54) is 25.3 Å². The zero-order valence-electron chi connectivity index (χ0n) is 16.3. The van der Waals surface area contributed by atoms with Crippen molar-refractivity contribution in [3.05, 3.63) is 63.8 Å². The third-order valence-corrected chi connectivity index (χ3v) is 4.35. The number of nitrogens with zero attached hydrogens (tertiary/aromatic N) is 2. The van der Waals surface area contributed by atoms with E-state index in [-0.39, 0.29) is 45.9 Å². The van der Waals surface area contributed by atoms with Gasteiger partial charge < -0.3 is 14.8 Å². The summed E-state index contributed by atoms with van der Waals surface area (Å²) < 4.78 is 49.2. The number of carbonyl (C=O) groups is 1. The van der Waals surface area contributed by atoms with Crippen LogP contribution in [0.15, 0.2) is 42.6 Å². The molecule has 0 bridgehead atoms. The van der Waals surface area contributed by atoms with Gasteiger partial charge in [-0.3, -0.25) is 15.1 Å². The van der Waals surface area contributed by atoms with Gasteiger partial charge in [0.25, 0.3) is 5.69 Å². The van der Waals surface area contributed by atoms with Crippen molar-refractivity contribution in [3.8, 4) is 5.75 Å². The summed E-state index contributed by atoms with van der Waals surface area (Å²) in [6, 6.07) is 6.82. The van der Waals surface area contributed by atoms with Crippen LogP contribution in [0.1, 0.15) is 22.8 Å². The quantitative estimate of drug-likeness (QED) is 0.327. The molecule has 1 aromatic heterocycles. The lowest BCUT2D eigenvalue weighted by Crippen LogP contribution is -2.10. The number of fused-ring (bicyclic) bond motifs is 1. The molecule has 0 unspecified atom stereocenters. The smallest absolute Gasteiger partial charge is 0.416 e. The van der Waals surface area contributed by atoms with Crippen LogP contribution in [0.5, 0.6) is 5.75 Å². The van der Waals surface area contributed by atoms with E-state index in [9.17, 15) is 28.1 Å². The summed E-state index contributed by atoms with van der Waals surface area (Å²) in [6.45, 7) is 1.63. The number of nitro benzene ring substituents is 1. The molecule has 0 radical (unpaired) electrons. The van der Waals surface area contributed by atoms with E-state index in [4.69, 9.17) is 9.47 Å². The Morgan fingerprint density at radius 1 is 1.23 bits per heavy atom. The zero-order chi connectivity index (χ0) is 22.8. The Bertz CT molecular complexity index is 1160. The summed E-state index contributed by atoms with van der Waals surface area (Å²) in [4.78, 5) is 27.2. The fourth-order valence-electron chi connectivity index (χ4n) is 2.90. The molecule has 1 heterocycles. The topological polar surface area (TPSA) is 104 Å². The van der Waals surface area contributed by atoms with Crippen molar-refractivity contribution in [1.29, 1.82) is 0 Å². The number of nitrogens with one attached hydrogen (secondary N) is 1. The highest BCUT2D eigenvalue weighted by Gasteiger charge is 2.31. The summed E-state index contributed by atoms with van der Waals surface area (Å²) in [5.74, 6) is -0.548. The first-order valence-electron chi connectivity index (χ1n) is 8.92. The van der Waals surface area contributed by atoms with E-state index in [1.807, 2.05) is 0 Å². The molecule has 31 heavy (non-hydrogen) atoms. The maximum absolute atomic E-state index is 13.1. The molecule has 0 atom stereocenters. The molecular weight excluding hydrogens is 419 g/mol. The number of rotatable bonds is 6. The van der Waals surface area contributed by atoms with Crippen LogP contribution in [-0.4, -0.2) is 29.6 Å². The molecule has 3 rings (SSSR count). The van der Waals surface area contributed by atoms with Crippen LogP contribution in [-0.2, 0) is 10.9 Å². The first kappa shape index (κ1) is 21.8. The van der Waals surface area contributed by atoms with Gasteiger partial charge in [0, 0.05) is 11.6 Å². The molecule has 8 nitrogen and oxygen atoms in total. The van der Waals surface area contributed by atoms with Crippen molar-refractivity contribution in [2.45, 2.75) is 13.1 Å². The number of ether oxygens (including phenoxy) is 2. The highest BCUT2D eigenvalue weighted by molar-refractivity contribution is 6.06. The van der Waals surface area contributed by atoms with E-state index in [1.54, 1.807) is 6.92 Å². The number of pyridine rings is 1. The predicted octanol–water partition coefficient (Wildman–Crippen LogP) is 5.09. The monoisotopic (exact) mass is 435 g/mol. The van der Waals surface area contributed by atoms with Crippen molar-refractivity contribution >= 4 is 33.9 Å². The van der Waals surface area contributed by atoms with Crippen molar-refractivity contribution in [1.82, 2.24) is 4.98 Å². The minimum atomic E-state index is -4.59. The number of hydrogen-bond donors (Lipinski definition) is 1.